The predicted molar refractivity (Wildman–Crippen MR) is 70.6 cm³/mol. The van der Waals surface area contributed by atoms with Crippen LogP contribution in [0.25, 0.3) is 0 Å². The molecule has 0 aromatic heterocycles. The van der Waals surface area contributed by atoms with E-state index in [1.54, 1.807) is 19.1 Å². The van der Waals surface area contributed by atoms with Crippen molar-refractivity contribution in [2.45, 2.75) is 31.8 Å². The molecule has 0 heterocycles. The van der Waals surface area contributed by atoms with Crippen LogP contribution in [0.1, 0.15) is 24.8 Å². The van der Waals surface area contributed by atoms with Crippen molar-refractivity contribution in [2.75, 3.05) is 14.2 Å². The molecule has 0 unspecified atom stereocenters. The Bertz CT molecular complexity index is 416. The number of nitrogens with zero attached hydrogens (tertiary/aromatic N) is 1. The number of para-hydroxylation sites is 1. The van der Waals surface area contributed by atoms with Gasteiger partial charge in [0.1, 0.15) is 5.75 Å². The molecule has 1 aliphatic rings. The average molecular weight is 248 g/mol. The maximum Gasteiger partial charge on any atom is 0.317 e. The van der Waals surface area contributed by atoms with Gasteiger partial charge in [0, 0.05) is 18.7 Å². The van der Waals surface area contributed by atoms with E-state index in [1.165, 1.54) is 6.42 Å². The van der Waals surface area contributed by atoms with Crippen LogP contribution < -0.4 is 10.1 Å². The summed E-state index contributed by atoms with van der Waals surface area (Å²) in [5.74, 6) is 0.820. The number of hydrogen-bond acceptors (Lipinski definition) is 2. The molecule has 1 N–H and O–H groups in total. The molecule has 2 amide bonds. The quantitative estimate of drug-likeness (QED) is 0.889. The van der Waals surface area contributed by atoms with Crippen molar-refractivity contribution in [3.8, 4) is 5.75 Å². The Hall–Kier alpha value is -1.71. The lowest BCUT2D eigenvalue weighted by atomic mass is 9.93. The molecule has 4 nitrogen and oxygen atoms in total. The lowest BCUT2D eigenvalue weighted by molar-refractivity contribution is 0.194. The highest BCUT2D eigenvalue weighted by Gasteiger charge is 2.21. The minimum absolute atomic E-state index is 0.00870. The van der Waals surface area contributed by atoms with Crippen molar-refractivity contribution in [2.24, 2.45) is 0 Å². The van der Waals surface area contributed by atoms with E-state index in [4.69, 9.17) is 4.74 Å². The molecule has 2 rings (SSSR count). The number of urea groups is 1. The molecule has 0 bridgehead atoms. The maximum atomic E-state index is 11.9. The monoisotopic (exact) mass is 248 g/mol. The second-order valence-electron chi connectivity index (χ2n) is 4.75. The second-order valence-corrected chi connectivity index (χ2v) is 4.75. The van der Waals surface area contributed by atoms with Gasteiger partial charge in [-0.05, 0) is 25.3 Å². The van der Waals surface area contributed by atoms with Crippen LogP contribution >= 0.6 is 0 Å². The third-order valence-corrected chi connectivity index (χ3v) is 3.38. The fourth-order valence-electron chi connectivity index (χ4n) is 2.00. The summed E-state index contributed by atoms with van der Waals surface area (Å²) >= 11 is 0. The summed E-state index contributed by atoms with van der Waals surface area (Å²) in [5, 5.41) is 3.02. The van der Waals surface area contributed by atoms with Crippen LogP contribution in [0.5, 0.6) is 5.75 Å². The number of rotatable bonds is 4. The maximum absolute atomic E-state index is 11.9. The Balaban J connectivity index is 1.92. The van der Waals surface area contributed by atoms with Gasteiger partial charge >= 0.3 is 6.03 Å². The van der Waals surface area contributed by atoms with Crippen LogP contribution in [0.15, 0.2) is 24.3 Å². The second kappa shape index (κ2) is 5.76. The normalized spacial score (nSPS) is 14.8. The van der Waals surface area contributed by atoms with Crippen LogP contribution in [-0.2, 0) is 6.54 Å². The van der Waals surface area contributed by atoms with Gasteiger partial charge in [-0.2, -0.15) is 0 Å². The van der Waals surface area contributed by atoms with Crippen LogP contribution in [0, 0.1) is 0 Å². The molecule has 0 atom stereocenters. The summed E-state index contributed by atoms with van der Waals surface area (Å²) in [7, 11) is 3.45. The van der Waals surface area contributed by atoms with E-state index in [0.717, 1.165) is 24.2 Å². The van der Waals surface area contributed by atoms with Gasteiger partial charge in [0.15, 0.2) is 0 Å². The highest BCUT2D eigenvalue weighted by molar-refractivity contribution is 5.74. The topological polar surface area (TPSA) is 41.6 Å². The predicted octanol–water partition coefficient (Wildman–Crippen LogP) is 2.39. The van der Waals surface area contributed by atoms with Gasteiger partial charge in [0.2, 0.25) is 0 Å². The Morgan fingerprint density at radius 2 is 2.17 bits per heavy atom. The van der Waals surface area contributed by atoms with Gasteiger partial charge in [0.25, 0.3) is 0 Å². The largest absolute Gasteiger partial charge is 0.496 e. The van der Waals surface area contributed by atoms with Gasteiger partial charge in [-0.15, -0.1) is 0 Å². The summed E-state index contributed by atoms with van der Waals surface area (Å²) < 4.78 is 5.28. The van der Waals surface area contributed by atoms with E-state index in [9.17, 15) is 4.79 Å². The van der Waals surface area contributed by atoms with Crippen LogP contribution in [0.3, 0.4) is 0 Å². The first kappa shape index (κ1) is 12.7. The highest BCUT2D eigenvalue weighted by atomic mass is 16.5. The number of carbonyl (C=O) groups is 1. The average Bonchev–Trinajstić information content (AvgIpc) is 2.34. The third kappa shape index (κ3) is 2.94. The molecular weight excluding hydrogens is 228 g/mol. The fraction of sp³-hybridized carbons (Fsp3) is 0.500. The first-order valence-corrected chi connectivity index (χ1v) is 6.34. The number of nitrogens with one attached hydrogen (secondary N) is 1. The van der Waals surface area contributed by atoms with Crippen LogP contribution in [0.4, 0.5) is 4.79 Å². The molecule has 1 aliphatic carbocycles. The minimum atomic E-state index is -0.00870. The van der Waals surface area contributed by atoms with Gasteiger partial charge in [-0.1, -0.05) is 18.2 Å². The summed E-state index contributed by atoms with van der Waals surface area (Å²) in [5.41, 5.74) is 1.02. The molecule has 1 fully saturated rings. The van der Waals surface area contributed by atoms with Gasteiger partial charge in [-0.25, -0.2) is 4.79 Å². The van der Waals surface area contributed by atoms with Gasteiger partial charge in [-0.3, -0.25) is 0 Å². The summed E-state index contributed by atoms with van der Waals surface area (Å²) in [4.78, 5) is 13.6. The van der Waals surface area contributed by atoms with Crippen molar-refractivity contribution in [1.29, 1.82) is 0 Å². The molecule has 1 saturated carbocycles. The summed E-state index contributed by atoms with van der Waals surface area (Å²) in [6, 6.07) is 8.13. The summed E-state index contributed by atoms with van der Waals surface area (Å²) in [6.45, 7) is 0.558. The standard InChI is InChI=1S/C14H20N2O2/c1-16(14(17)15-12-7-5-8-12)10-11-6-3-4-9-13(11)18-2/h3-4,6,9,12H,5,7-8,10H2,1-2H3,(H,15,17). The number of ether oxygens (including phenoxy) is 1. The van der Waals surface area contributed by atoms with Gasteiger partial charge < -0.3 is 15.0 Å². The van der Waals surface area contributed by atoms with Crippen molar-refractivity contribution >= 4 is 6.03 Å². The molecule has 1 aromatic carbocycles. The molecular formula is C14H20N2O2. The first-order chi connectivity index (χ1) is 8.70. The zero-order chi connectivity index (χ0) is 13.0. The van der Waals surface area contributed by atoms with E-state index in [2.05, 4.69) is 5.32 Å². The zero-order valence-corrected chi connectivity index (χ0v) is 11.0. The lowest BCUT2D eigenvalue weighted by Gasteiger charge is -2.29. The number of carbonyl (C=O) groups excluding carboxylic acids is 1. The van der Waals surface area contributed by atoms with Gasteiger partial charge in [0.05, 0.1) is 13.7 Å². The number of amides is 2. The molecule has 98 valence electrons. The van der Waals surface area contributed by atoms with Crippen molar-refractivity contribution in [3.05, 3.63) is 29.8 Å². The molecule has 1 aromatic rings. The Morgan fingerprint density at radius 3 is 2.78 bits per heavy atom. The van der Waals surface area contributed by atoms with E-state index in [0.29, 0.717) is 12.6 Å². The Labute approximate surface area is 108 Å². The van der Waals surface area contributed by atoms with Crippen LogP contribution in [0.2, 0.25) is 0 Å². The number of hydrogen-bond donors (Lipinski definition) is 1. The van der Waals surface area contributed by atoms with Crippen molar-refractivity contribution in [3.63, 3.8) is 0 Å². The van der Waals surface area contributed by atoms with E-state index in [1.807, 2.05) is 24.3 Å². The smallest absolute Gasteiger partial charge is 0.317 e. The van der Waals surface area contributed by atoms with E-state index >= 15 is 0 Å². The SMILES string of the molecule is COc1ccccc1CN(C)C(=O)NC1CCC1. The van der Waals surface area contributed by atoms with E-state index in [-0.39, 0.29) is 6.03 Å². The Morgan fingerprint density at radius 1 is 1.44 bits per heavy atom. The summed E-state index contributed by atoms with van der Waals surface area (Å²) in [6.07, 6.45) is 3.43. The minimum Gasteiger partial charge on any atom is -0.496 e. The van der Waals surface area contributed by atoms with Crippen LogP contribution in [-0.4, -0.2) is 31.1 Å². The lowest BCUT2D eigenvalue weighted by Crippen LogP contribution is -2.45. The third-order valence-electron chi connectivity index (χ3n) is 3.38. The van der Waals surface area contributed by atoms with Crippen molar-refractivity contribution in [1.82, 2.24) is 10.2 Å². The fourth-order valence-corrected chi connectivity index (χ4v) is 2.00. The highest BCUT2D eigenvalue weighted by Crippen LogP contribution is 2.20. The molecule has 0 radical (unpaired) electrons. The molecule has 4 heteroatoms. The number of benzene rings is 1. The molecule has 0 spiro atoms. The van der Waals surface area contributed by atoms with E-state index < -0.39 is 0 Å². The first-order valence-electron chi connectivity index (χ1n) is 6.34. The molecule has 0 saturated heterocycles. The zero-order valence-electron chi connectivity index (χ0n) is 11.0. The molecule has 18 heavy (non-hydrogen) atoms. The molecule has 0 aliphatic heterocycles. The Kier molecular flexibility index (Phi) is 4.07. The number of methoxy groups -OCH3 is 1. The van der Waals surface area contributed by atoms with Crippen molar-refractivity contribution < 1.29 is 9.53 Å².